The van der Waals surface area contributed by atoms with Crippen LogP contribution in [0, 0.1) is 18.4 Å². The SMILES string of the molecule is Cc1ccc(/C(=C\CCCC(=O)O)c2cccnc2)cc1NC(=NC#N)NC1CC1. The van der Waals surface area contributed by atoms with E-state index in [0.717, 1.165) is 40.8 Å². The number of nitriles is 1. The number of aliphatic carboxylic acids is 1. The summed E-state index contributed by atoms with van der Waals surface area (Å²) >= 11 is 0. The Morgan fingerprint density at radius 1 is 1.37 bits per heavy atom. The first-order valence-electron chi connectivity index (χ1n) is 10.0. The first-order valence-corrected chi connectivity index (χ1v) is 10.0. The zero-order valence-electron chi connectivity index (χ0n) is 16.9. The number of unbranched alkanes of at least 4 members (excludes halogenated alkanes) is 1. The Labute approximate surface area is 176 Å². The van der Waals surface area contributed by atoms with Crippen LogP contribution in [0.2, 0.25) is 0 Å². The number of anilines is 1. The number of carboxylic acid groups (broad SMARTS) is 1. The van der Waals surface area contributed by atoms with Gasteiger partial charge in [0.15, 0.2) is 0 Å². The minimum Gasteiger partial charge on any atom is -0.481 e. The molecule has 1 aliphatic rings. The fraction of sp³-hybridized carbons (Fsp3) is 0.304. The van der Waals surface area contributed by atoms with Crippen molar-refractivity contribution in [3.8, 4) is 6.19 Å². The summed E-state index contributed by atoms with van der Waals surface area (Å²) in [5.74, 6) is -0.339. The molecule has 0 atom stereocenters. The number of carboxylic acids is 1. The molecule has 0 unspecified atom stereocenters. The van der Waals surface area contributed by atoms with Crippen LogP contribution >= 0.6 is 0 Å². The second kappa shape index (κ2) is 10.2. The van der Waals surface area contributed by atoms with E-state index in [0.29, 0.717) is 24.8 Å². The monoisotopic (exact) mass is 403 g/mol. The zero-order chi connectivity index (χ0) is 21.3. The number of carbonyl (C=O) groups is 1. The lowest BCUT2D eigenvalue weighted by Gasteiger charge is -2.15. The Balaban J connectivity index is 1.88. The molecule has 1 aromatic heterocycles. The largest absolute Gasteiger partial charge is 0.481 e. The van der Waals surface area contributed by atoms with Crippen LogP contribution in [0.4, 0.5) is 5.69 Å². The topological polar surface area (TPSA) is 110 Å². The van der Waals surface area contributed by atoms with Crippen molar-refractivity contribution in [2.24, 2.45) is 4.99 Å². The maximum Gasteiger partial charge on any atom is 0.303 e. The van der Waals surface area contributed by atoms with Gasteiger partial charge < -0.3 is 15.7 Å². The smallest absolute Gasteiger partial charge is 0.303 e. The van der Waals surface area contributed by atoms with E-state index in [1.165, 1.54) is 0 Å². The molecule has 3 rings (SSSR count). The molecular weight excluding hydrogens is 378 g/mol. The number of nitrogens with one attached hydrogen (secondary N) is 2. The van der Waals surface area contributed by atoms with E-state index >= 15 is 0 Å². The number of nitrogens with zero attached hydrogens (tertiary/aromatic N) is 3. The Morgan fingerprint density at radius 3 is 2.87 bits per heavy atom. The second-order valence-electron chi connectivity index (χ2n) is 7.28. The summed E-state index contributed by atoms with van der Waals surface area (Å²) < 4.78 is 0. The van der Waals surface area contributed by atoms with Gasteiger partial charge in [-0.1, -0.05) is 24.3 Å². The molecule has 0 aliphatic heterocycles. The molecule has 1 aliphatic carbocycles. The van der Waals surface area contributed by atoms with E-state index in [1.54, 1.807) is 12.4 Å². The molecule has 0 saturated heterocycles. The van der Waals surface area contributed by atoms with Crippen molar-refractivity contribution in [2.75, 3.05) is 5.32 Å². The average molecular weight is 403 g/mol. The van der Waals surface area contributed by atoms with Crippen molar-refractivity contribution in [1.82, 2.24) is 10.3 Å². The van der Waals surface area contributed by atoms with Gasteiger partial charge >= 0.3 is 5.97 Å². The maximum atomic E-state index is 10.8. The molecule has 7 heteroatoms. The van der Waals surface area contributed by atoms with Gasteiger partial charge in [-0.15, -0.1) is 4.99 Å². The molecule has 0 spiro atoms. The summed E-state index contributed by atoms with van der Waals surface area (Å²) in [6.07, 6.45) is 10.9. The van der Waals surface area contributed by atoms with Crippen LogP contribution in [0.5, 0.6) is 0 Å². The van der Waals surface area contributed by atoms with Gasteiger partial charge in [0.1, 0.15) is 0 Å². The van der Waals surface area contributed by atoms with Gasteiger partial charge in [0, 0.05) is 36.1 Å². The van der Waals surface area contributed by atoms with Gasteiger partial charge in [-0.25, -0.2) is 0 Å². The normalized spacial score (nSPS) is 14.1. The molecule has 3 N–H and O–H groups in total. The van der Waals surface area contributed by atoms with E-state index in [-0.39, 0.29) is 6.42 Å². The number of guanidine groups is 1. The van der Waals surface area contributed by atoms with E-state index in [1.807, 2.05) is 43.4 Å². The molecule has 154 valence electrons. The molecule has 0 amide bonds. The Kier molecular flexibility index (Phi) is 7.17. The minimum absolute atomic E-state index is 0.137. The summed E-state index contributed by atoms with van der Waals surface area (Å²) in [4.78, 5) is 18.9. The molecular formula is C23H25N5O2. The van der Waals surface area contributed by atoms with Gasteiger partial charge in [-0.3, -0.25) is 9.78 Å². The maximum absolute atomic E-state index is 10.8. The average Bonchev–Trinajstić information content (AvgIpc) is 3.54. The van der Waals surface area contributed by atoms with Crippen molar-refractivity contribution in [3.63, 3.8) is 0 Å². The number of aliphatic imine (C=N–C) groups is 1. The number of aryl methyl sites for hydroxylation is 1. The molecule has 30 heavy (non-hydrogen) atoms. The highest BCUT2D eigenvalue weighted by molar-refractivity contribution is 5.96. The van der Waals surface area contributed by atoms with Crippen LogP contribution in [0.15, 0.2) is 53.8 Å². The number of aromatic nitrogens is 1. The molecule has 1 heterocycles. The van der Waals surface area contributed by atoms with Crippen LogP contribution < -0.4 is 10.6 Å². The number of pyridine rings is 1. The Bertz CT molecular complexity index is 988. The van der Waals surface area contributed by atoms with Crippen molar-refractivity contribution >= 4 is 23.2 Å². The lowest BCUT2D eigenvalue weighted by Crippen LogP contribution is -2.32. The molecule has 7 nitrogen and oxygen atoms in total. The van der Waals surface area contributed by atoms with Crippen LogP contribution in [0.1, 0.15) is 48.8 Å². The highest BCUT2D eigenvalue weighted by Gasteiger charge is 2.22. The highest BCUT2D eigenvalue weighted by Crippen LogP contribution is 2.28. The standard InChI is InChI=1S/C23H25N5O2/c1-16-8-9-17(13-21(16)28-23(26-15-24)27-19-10-11-19)20(6-2-3-7-22(29)30)18-5-4-12-25-14-18/h4-6,8-9,12-14,19H,2-3,7,10-11H2,1H3,(H,29,30)(H2,26,27,28)/b20-6+. The highest BCUT2D eigenvalue weighted by atomic mass is 16.4. The number of allylic oxidation sites excluding steroid dienone is 1. The minimum atomic E-state index is -0.791. The van der Waals surface area contributed by atoms with E-state index in [9.17, 15) is 4.79 Å². The fourth-order valence-corrected chi connectivity index (χ4v) is 3.04. The molecule has 0 bridgehead atoms. The van der Waals surface area contributed by atoms with Crippen LogP contribution in [0.3, 0.4) is 0 Å². The zero-order valence-corrected chi connectivity index (χ0v) is 16.9. The van der Waals surface area contributed by atoms with Crippen LogP contribution in [-0.2, 0) is 4.79 Å². The van der Waals surface area contributed by atoms with Crippen molar-refractivity contribution in [1.29, 1.82) is 5.26 Å². The Morgan fingerprint density at radius 2 is 2.20 bits per heavy atom. The molecule has 1 fully saturated rings. The summed E-state index contributed by atoms with van der Waals surface area (Å²) in [6.45, 7) is 1.99. The molecule has 0 radical (unpaired) electrons. The fourth-order valence-electron chi connectivity index (χ4n) is 3.04. The number of hydrogen-bond donors (Lipinski definition) is 3. The van der Waals surface area contributed by atoms with E-state index < -0.39 is 5.97 Å². The van der Waals surface area contributed by atoms with Crippen LogP contribution in [0.25, 0.3) is 5.57 Å². The van der Waals surface area contributed by atoms with Crippen molar-refractivity contribution in [2.45, 2.75) is 45.1 Å². The van der Waals surface area contributed by atoms with Crippen molar-refractivity contribution in [3.05, 3.63) is 65.5 Å². The first kappa shape index (κ1) is 21.1. The lowest BCUT2D eigenvalue weighted by molar-refractivity contribution is -0.137. The van der Waals surface area contributed by atoms with Crippen LogP contribution in [-0.4, -0.2) is 28.1 Å². The predicted octanol–water partition coefficient (Wildman–Crippen LogP) is 4.08. The first-order chi connectivity index (χ1) is 14.6. The quantitative estimate of drug-likeness (QED) is 0.265. The second-order valence-corrected chi connectivity index (χ2v) is 7.28. The van der Waals surface area contributed by atoms with Gasteiger partial charge in [0.2, 0.25) is 12.2 Å². The number of hydrogen-bond acceptors (Lipinski definition) is 4. The summed E-state index contributed by atoms with van der Waals surface area (Å²) in [5, 5.41) is 24.4. The van der Waals surface area contributed by atoms with Gasteiger partial charge in [-0.05, 0) is 61.4 Å². The molecule has 2 aromatic rings. The van der Waals surface area contributed by atoms with Gasteiger partial charge in [-0.2, -0.15) is 5.26 Å². The number of rotatable bonds is 8. The number of benzene rings is 1. The predicted molar refractivity (Wildman–Crippen MR) is 117 cm³/mol. The summed E-state index contributed by atoms with van der Waals surface area (Å²) in [6, 6.07) is 10.3. The lowest BCUT2D eigenvalue weighted by atomic mass is 9.96. The van der Waals surface area contributed by atoms with E-state index in [2.05, 4.69) is 26.7 Å². The third-order valence-electron chi connectivity index (χ3n) is 4.80. The molecule has 1 aromatic carbocycles. The third-order valence-corrected chi connectivity index (χ3v) is 4.80. The van der Waals surface area contributed by atoms with Crippen molar-refractivity contribution < 1.29 is 9.90 Å². The molecule has 1 saturated carbocycles. The van der Waals surface area contributed by atoms with Gasteiger partial charge in [0.25, 0.3) is 0 Å². The summed E-state index contributed by atoms with van der Waals surface area (Å²) in [5.41, 5.74) is 4.82. The van der Waals surface area contributed by atoms with Gasteiger partial charge in [0.05, 0.1) is 0 Å². The summed E-state index contributed by atoms with van der Waals surface area (Å²) in [7, 11) is 0. The van der Waals surface area contributed by atoms with E-state index in [4.69, 9.17) is 10.4 Å². The third kappa shape index (κ3) is 6.17. The Hall–Kier alpha value is -3.66.